The number of imide groups is 1. The van der Waals surface area contributed by atoms with Gasteiger partial charge in [-0.15, -0.1) is 5.06 Å². The lowest BCUT2D eigenvalue weighted by Gasteiger charge is -2.30. The van der Waals surface area contributed by atoms with Crippen LogP contribution in [0, 0.1) is 0 Å². The second kappa shape index (κ2) is 8.31. The molecule has 8 nitrogen and oxygen atoms in total. The van der Waals surface area contributed by atoms with Gasteiger partial charge in [-0.1, -0.05) is 41.4 Å². The fourth-order valence-corrected chi connectivity index (χ4v) is 4.37. The van der Waals surface area contributed by atoms with Gasteiger partial charge >= 0.3 is 0 Å². The van der Waals surface area contributed by atoms with Crippen LogP contribution >= 0.6 is 23.2 Å². The Hall–Kier alpha value is -2.75. The molecule has 3 aromatic rings. The number of carbonyl (C=O) groups is 2. The predicted octanol–water partition coefficient (Wildman–Crippen LogP) is 3.69. The lowest BCUT2D eigenvalue weighted by atomic mass is 10.1. The van der Waals surface area contributed by atoms with Crippen LogP contribution in [0.1, 0.15) is 26.3 Å². The van der Waals surface area contributed by atoms with E-state index in [-0.39, 0.29) is 19.8 Å². The van der Waals surface area contributed by atoms with E-state index >= 15 is 0 Å². The number of hydrogen-bond acceptors (Lipinski definition) is 6. The second-order valence-corrected chi connectivity index (χ2v) is 8.25. The Morgan fingerprint density at radius 3 is 2.53 bits per heavy atom. The monoisotopic (exact) mass is 473 g/mol. The molecular formula is C22H17Cl2N3O5. The molecule has 0 spiro atoms. The Morgan fingerprint density at radius 1 is 1.12 bits per heavy atom. The fourth-order valence-electron chi connectivity index (χ4n) is 3.82. The molecule has 0 saturated carbocycles. The maximum Gasteiger partial charge on any atom is 0.285 e. The summed E-state index contributed by atoms with van der Waals surface area (Å²) in [6.07, 6.45) is 4.51. The van der Waals surface area contributed by atoms with Gasteiger partial charge in [-0.3, -0.25) is 14.4 Å². The second-order valence-electron chi connectivity index (χ2n) is 7.41. The summed E-state index contributed by atoms with van der Waals surface area (Å²) in [5.74, 6) is -2.23. The van der Waals surface area contributed by atoms with Crippen LogP contribution in [0.3, 0.4) is 0 Å². The Balaban J connectivity index is 1.34. The molecular weight excluding hydrogens is 457 g/mol. The number of hydroxylamine groups is 2. The van der Waals surface area contributed by atoms with Crippen LogP contribution in [0.15, 0.2) is 61.2 Å². The predicted molar refractivity (Wildman–Crippen MR) is 114 cm³/mol. The summed E-state index contributed by atoms with van der Waals surface area (Å²) in [4.78, 5) is 34.7. The van der Waals surface area contributed by atoms with E-state index in [0.717, 1.165) is 5.06 Å². The maximum atomic E-state index is 12.5. The van der Waals surface area contributed by atoms with Crippen molar-refractivity contribution in [3.05, 3.63) is 87.9 Å². The third-order valence-electron chi connectivity index (χ3n) is 5.30. The van der Waals surface area contributed by atoms with Crippen LogP contribution in [0.25, 0.3) is 0 Å². The van der Waals surface area contributed by atoms with E-state index in [1.165, 1.54) is 0 Å². The summed E-state index contributed by atoms with van der Waals surface area (Å²) in [7, 11) is 0. The van der Waals surface area contributed by atoms with Crippen molar-refractivity contribution < 1.29 is 23.9 Å². The van der Waals surface area contributed by atoms with Crippen molar-refractivity contribution in [1.29, 1.82) is 0 Å². The molecule has 164 valence electrons. The maximum absolute atomic E-state index is 12.5. The van der Waals surface area contributed by atoms with E-state index in [4.69, 9.17) is 37.5 Å². The van der Waals surface area contributed by atoms with Gasteiger partial charge in [0, 0.05) is 23.0 Å². The highest BCUT2D eigenvalue weighted by Crippen LogP contribution is 2.40. The highest BCUT2D eigenvalue weighted by Gasteiger charge is 2.46. The van der Waals surface area contributed by atoms with E-state index in [9.17, 15) is 9.59 Å². The zero-order valence-electron chi connectivity index (χ0n) is 16.6. The van der Waals surface area contributed by atoms with Gasteiger partial charge in [0.25, 0.3) is 11.8 Å². The van der Waals surface area contributed by atoms with Crippen molar-refractivity contribution in [1.82, 2.24) is 14.6 Å². The lowest BCUT2D eigenvalue weighted by molar-refractivity contribution is -0.199. The Bertz CT molecular complexity index is 1150. The minimum atomic E-state index is -1.22. The quantitative estimate of drug-likeness (QED) is 0.507. The van der Waals surface area contributed by atoms with E-state index < -0.39 is 23.7 Å². The Labute approximate surface area is 193 Å². The summed E-state index contributed by atoms with van der Waals surface area (Å²) in [6, 6.07) is 11.6. The standard InChI is InChI=1S/C22H17Cl2N3O5/c23-14-5-6-18(19(24)9-14)22(12-26-8-7-25-13-26)30-10-15(32-22)11-31-27-20(28)16-3-1-2-4-17(16)21(27)29/h1-9,13,15H,10-12H2. The Kier molecular flexibility index (Phi) is 5.48. The number of hydrogen-bond donors (Lipinski definition) is 0. The van der Waals surface area contributed by atoms with Crippen LogP contribution in [-0.2, 0) is 26.6 Å². The van der Waals surface area contributed by atoms with Gasteiger partial charge in [0.1, 0.15) is 12.7 Å². The molecule has 1 saturated heterocycles. The fraction of sp³-hybridized carbons (Fsp3) is 0.227. The molecule has 2 unspecified atom stereocenters. The SMILES string of the molecule is O=C1c2ccccc2C(=O)N1OCC1COC(Cn2ccnc2)(c2ccc(Cl)cc2Cl)O1. The number of aromatic nitrogens is 2. The molecule has 1 fully saturated rings. The first-order chi connectivity index (χ1) is 15.5. The zero-order valence-corrected chi connectivity index (χ0v) is 18.1. The number of ether oxygens (including phenoxy) is 2. The summed E-state index contributed by atoms with van der Waals surface area (Å²) in [5.41, 5.74) is 1.22. The molecule has 2 aliphatic heterocycles. The molecule has 0 bridgehead atoms. The largest absolute Gasteiger partial charge is 0.342 e. The molecule has 0 N–H and O–H groups in total. The number of carbonyl (C=O) groups excluding carboxylic acids is 2. The highest BCUT2D eigenvalue weighted by atomic mass is 35.5. The number of nitrogens with zero attached hydrogens (tertiary/aromatic N) is 3. The molecule has 2 aromatic carbocycles. The third-order valence-corrected chi connectivity index (χ3v) is 5.84. The van der Waals surface area contributed by atoms with Crippen LogP contribution < -0.4 is 0 Å². The third kappa shape index (κ3) is 3.70. The van der Waals surface area contributed by atoms with E-state index in [0.29, 0.717) is 26.7 Å². The summed E-state index contributed by atoms with van der Waals surface area (Å²) >= 11 is 12.5. The summed E-state index contributed by atoms with van der Waals surface area (Å²) < 4.78 is 14.2. The summed E-state index contributed by atoms with van der Waals surface area (Å²) in [5, 5.41) is 1.64. The molecule has 2 aliphatic rings. The number of halogens is 2. The highest BCUT2D eigenvalue weighted by molar-refractivity contribution is 6.35. The van der Waals surface area contributed by atoms with Gasteiger partial charge in [0.05, 0.1) is 35.6 Å². The first-order valence-electron chi connectivity index (χ1n) is 9.81. The number of amides is 2. The van der Waals surface area contributed by atoms with Crippen molar-refractivity contribution >= 4 is 35.0 Å². The van der Waals surface area contributed by atoms with E-state index in [2.05, 4.69) is 4.98 Å². The molecule has 32 heavy (non-hydrogen) atoms. The minimum Gasteiger partial charge on any atom is -0.342 e. The van der Waals surface area contributed by atoms with Crippen LogP contribution in [0.4, 0.5) is 0 Å². The minimum absolute atomic E-state index is 0.0671. The van der Waals surface area contributed by atoms with Gasteiger partial charge in [-0.2, -0.15) is 0 Å². The molecule has 5 rings (SSSR count). The first kappa shape index (κ1) is 21.1. The number of fused-ring (bicyclic) bond motifs is 1. The van der Waals surface area contributed by atoms with Gasteiger partial charge in [0.15, 0.2) is 0 Å². The normalized spacial score (nSPS) is 22.6. The van der Waals surface area contributed by atoms with Crippen LogP contribution in [-0.4, -0.2) is 45.7 Å². The Morgan fingerprint density at radius 2 is 1.88 bits per heavy atom. The van der Waals surface area contributed by atoms with Crippen molar-refractivity contribution in [3.63, 3.8) is 0 Å². The zero-order chi connectivity index (χ0) is 22.3. The van der Waals surface area contributed by atoms with Gasteiger partial charge < -0.3 is 14.0 Å². The van der Waals surface area contributed by atoms with Gasteiger partial charge in [-0.25, -0.2) is 4.98 Å². The van der Waals surface area contributed by atoms with Crippen molar-refractivity contribution in [3.8, 4) is 0 Å². The molecule has 2 amide bonds. The number of benzene rings is 2. The molecule has 1 aromatic heterocycles. The molecule has 0 aliphatic carbocycles. The van der Waals surface area contributed by atoms with Crippen LogP contribution in [0.5, 0.6) is 0 Å². The lowest BCUT2D eigenvalue weighted by Crippen LogP contribution is -2.36. The van der Waals surface area contributed by atoms with Crippen molar-refractivity contribution in [2.75, 3.05) is 13.2 Å². The van der Waals surface area contributed by atoms with Crippen molar-refractivity contribution in [2.24, 2.45) is 0 Å². The van der Waals surface area contributed by atoms with Crippen molar-refractivity contribution in [2.45, 2.75) is 18.4 Å². The van der Waals surface area contributed by atoms with E-state index in [1.807, 2.05) is 0 Å². The average molecular weight is 474 g/mol. The number of imidazole rings is 1. The van der Waals surface area contributed by atoms with Gasteiger partial charge in [0.2, 0.25) is 5.79 Å². The average Bonchev–Trinajstić information content (AvgIpc) is 3.49. The number of rotatable bonds is 6. The van der Waals surface area contributed by atoms with Crippen LogP contribution in [0.2, 0.25) is 10.0 Å². The van der Waals surface area contributed by atoms with Gasteiger partial charge in [-0.05, 0) is 24.3 Å². The first-order valence-corrected chi connectivity index (χ1v) is 10.6. The smallest absolute Gasteiger partial charge is 0.285 e. The molecule has 2 atom stereocenters. The topological polar surface area (TPSA) is 82.9 Å². The molecule has 0 radical (unpaired) electrons. The van der Waals surface area contributed by atoms with E-state index in [1.54, 1.807) is 65.8 Å². The molecule has 10 heteroatoms. The molecule has 3 heterocycles. The summed E-state index contributed by atoms with van der Waals surface area (Å²) in [6.45, 7) is 0.372.